The Bertz CT molecular complexity index is 1220. The minimum Gasteiger partial charge on any atom is -0.325 e. The van der Waals surface area contributed by atoms with Gasteiger partial charge in [0.2, 0.25) is 15.9 Å². The van der Waals surface area contributed by atoms with E-state index in [1.807, 2.05) is 4.90 Å². The minimum atomic E-state index is -3.75. The molecule has 0 atom stereocenters. The van der Waals surface area contributed by atoms with Crippen molar-refractivity contribution >= 4 is 33.4 Å². The van der Waals surface area contributed by atoms with Crippen LogP contribution in [0.2, 0.25) is 0 Å². The Hall–Kier alpha value is -3.15. The van der Waals surface area contributed by atoms with E-state index in [4.69, 9.17) is 0 Å². The van der Waals surface area contributed by atoms with Crippen LogP contribution < -0.4 is 5.32 Å². The number of hydrogen-bond donors (Lipinski definition) is 1. The number of fused-ring (bicyclic) bond motifs is 1. The molecule has 0 radical (unpaired) electrons. The molecule has 0 aliphatic carbocycles. The van der Waals surface area contributed by atoms with Gasteiger partial charge in [-0.3, -0.25) is 24.2 Å². The van der Waals surface area contributed by atoms with Crippen LogP contribution in [0.15, 0.2) is 47.4 Å². The maximum atomic E-state index is 13.1. The Morgan fingerprint density at radius 2 is 1.67 bits per heavy atom. The number of rotatable bonds is 5. The van der Waals surface area contributed by atoms with Gasteiger partial charge in [-0.25, -0.2) is 12.8 Å². The topological polar surface area (TPSA) is 107 Å². The van der Waals surface area contributed by atoms with Crippen LogP contribution in [0.1, 0.15) is 27.1 Å². The lowest BCUT2D eigenvalue weighted by Gasteiger charge is -2.21. The number of carbonyl (C=O) groups excluding carboxylic acids is 3. The maximum Gasteiger partial charge on any atom is 0.261 e. The van der Waals surface area contributed by atoms with Gasteiger partial charge in [-0.2, -0.15) is 4.31 Å². The fraction of sp³-hybridized carbons (Fsp3) is 0.318. The van der Waals surface area contributed by atoms with Gasteiger partial charge in [0, 0.05) is 32.4 Å². The maximum absolute atomic E-state index is 13.1. The molecular weight excluding hydrogens is 451 g/mol. The van der Waals surface area contributed by atoms with Crippen molar-refractivity contribution in [2.24, 2.45) is 0 Å². The number of sulfonamides is 1. The largest absolute Gasteiger partial charge is 0.325 e. The first kappa shape index (κ1) is 23.0. The van der Waals surface area contributed by atoms with Crippen molar-refractivity contribution in [1.29, 1.82) is 0 Å². The lowest BCUT2D eigenvalue weighted by Crippen LogP contribution is -2.38. The van der Waals surface area contributed by atoms with E-state index < -0.39 is 21.7 Å². The Morgan fingerprint density at radius 3 is 2.39 bits per heavy atom. The molecule has 11 heteroatoms. The van der Waals surface area contributed by atoms with E-state index >= 15 is 0 Å². The van der Waals surface area contributed by atoms with Crippen molar-refractivity contribution in [3.8, 4) is 0 Å². The van der Waals surface area contributed by atoms with Gasteiger partial charge in [-0.05, 0) is 55.4 Å². The summed E-state index contributed by atoms with van der Waals surface area (Å²) in [5.41, 5.74) is 0.956. The molecule has 0 unspecified atom stereocenters. The molecule has 0 spiro atoms. The number of anilines is 1. The van der Waals surface area contributed by atoms with Crippen LogP contribution in [-0.2, 0) is 14.8 Å². The predicted octanol–water partition coefficient (Wildman–Crippen LogP) is 1.39. The Kier molecular flexibility index (Phi) is 6.28. The first-order valence-corrected chi connectivity index (χ1v) is 11.8. The third-order valence-electron chi connectivity index (χ3n) is 5.74. The first-order chi connectivity index (χ1) is 15.7. The summed E-state index contributed by atoms with van der Waals surface area (Å²) >= 11 is 0. The average Bonchev–Trinajstić information content (AvgIpc) is 2.95. The molecule has 2 aromatic rings. The quantitative estimate of drug-likeness (QED) is 0.657. The van der Waals surface area contributed by atoms with E-state index in [2.05, 4.69) is 5.32 Å². The lowest BCUT2D eigenvalue weighted by atomic mass is 10.1. The summed E-state index contributed by atoms with van der Waals surface area (Å²) in [6.45, 7) is 1.44. The molecule has 2 aliphatic heterocycles. The first-order valence-electron chi connectivity index (χ1n) is 10.4. The van der Waals surface area contributed by atoms with Crippen molar-refractivity contribution in [2.75, 3.05) is 45.1 Å². The number of amides is 3. The second-order valence-corrected chi connectivity index (χ2v) is 9.90. The molecule has 2 aliphatic rings. The van der Waals surface area contributed by atoms with Crippen LogP contribution in [0.4, 0.5) is 10.1 Å². The number of nitrogens with one attached hydrogen (secondary N) is 1. The van der Waals surface area contributed by atoms with Crippen LogP contribution in [0.25, 0.3) is 0 Å². The number of halogens is 1. The average molecular weight is 475 g/mol. The van der Waals surface area contributed by atoms with Gasteiger partial charge in [0.1, 0.15) is 5.82 Å². The zero-order chi connectivity index (χ0) is 23.8. The molecule has 1 N–H and O–H groups in total. The summed E-state index contributed by atoms with van der Waals surface area (Å²) in [4.78, 5) is 39.6. The molecule has 33 heavy (non-hydrogen) atoms. The summed E-state index contributed by atoms with van der Waals surface area (Å²) in [7, 11) is -2.34. The van der Waals surface area contributed by atoms with Gasteiger partial charge < -0.3 is 5.32 Å². The normalized spacial score (nSPS) is 17.7. The summed E-state index contributed by atoms with van der Waals surface area (Å²) in [5, 5.41) is 2.73. The van der Waals surface area contributed by atoms with E-state index in [1.165, 1.54) is 35.6 Å². The van der Waals surface area contributed by atoms with Gasteiger partial charge in [-0.15, -0.1) is 0 Å². The molecule has 2 aromatic carbocycles. The third-order valence-corrected chi connectivity index (χ3v) is 7.65. The van der Waals surface area contributed by atoms with E-state index in [1.54, 1.807) is 6.07 Å². The highest BCUT2D eigenvalue weighted by atomic mass is 32.2. The highest BCUT2D eigenvalue weighted by Crippen LogP contribution is 2.25. The van der Waals surface area contributed by atoms with Gasteiger partial charge in [0.05, 0.1) is 22.6 Å². The zero-order valence-electron chi connectivity index (χ0n) is 18.0. The molecule has 0 bridgehead atoms. The molecular formula is C22H23FN4O5S. The van der Waals surface area contributed by atoms with Crippen molar-refractivity contribution in [3.63, 3.8) is 0 Å². The van der Waals surface area contributed by atoms with Crippen LogP contribution in [0.5, 0.6) is 0 Å². The Balaban J connectivity index is 1.36. The van der Waals surface area contributed by atoms with E-state index in [0.717, 1.165) is 17.0 Å². The lowest BCUT2D eigenvalue weighted by molar-refractivity contribution is -0.117. The molecule has 0 aromatic heterocycles. The zero-order valence-corrected chi connectivity index (χ0v) is 18.8. The Labute approximate surface area is 190 Å². The van der Waals surface area contributed by atoms with Crippen molar-refractivity contribution in [2.45, 2.75) is 11.3 Å². The summed E-state index contributed by atoms with van der Waals surface area (Å²) in [6.07, 6.45) is 0.537. The molecule has 9 nitrogen and oxygen atoms in total. The van der Waals surface area contributed by atoms with Crippen LogP contribution in [-0.4, -0.2) is 80.0 Å². The SMILES string of the molecule is CN1C(=O)c2ccc(NC(=O)CN3CCCN(S(=O)(=O)c4ccc(F)cc4)CC3)cc2C1=O. The Morgan fingerprint density at radius 1 is 0.970 bits per heavy atom. The standard InChI is InChI=1S/C22H23FN4O5S/c1-25-21(29)18-8-5-16(13-19(18)22(25)30)24-20(28)14-26-9-2-10-27(12-11-26)33(31,32)17-6-3-15(23)4-7-17/h3-8,13H,2,9-12,14H2,1H3,(H,24,28). The number of imide groups is 1. The van der Waals surface area contributed by atoms with Gasteiger partial charge in [-0.1, -0.05) is 0 Å². The number of benzene rings is 2. The van der Waals surface area contributed by atoms with E-state index in [0.29, 0.717) is 37.3 Å². The van der Waals surface area contributed by atoms with Crippen LogP contribution >= 0.6 is 0 Å². The number of nitrogens with zero attached hydrogens (tertiary/aromatic N) is 3. The van der Waals surface area contributed by atoms with Gasteiger partial charge >= 0.3 is 0 Å². The molecule has 1 fully saturated rings. The van der Waals surface area contributed by atoms with Crippen molar-refractivity contribution in [3.05, 3.63) is 59.4 Å². The number of carbonyl (C=O) groups is 3. The highest BCUT2D eigenvalue weighted by molar-refractivity contribution is 7.89. The number of hydrogen-bond acceptors (Lipinski definition) is 6. The van der Waals surface area contributed by atoms with Crippen LogP contribution in [0, 0.1) is 5.82 Å². The van der Waals surface area contributed by atoms with Gasteiger partial charge in [0.25, 0.3) is 11.8 Å². The second-order valence-electron chi connectivity index (χ2n) is 7.97. The molecule has 3 amide bonds. The summed E-state index contributed by atoms with van der Waals surface area (Å²) < 4.78 is 40.2. The fourth-order valence-electron chi connectivity index (χ4n) is 3.94. The molecule has 174 valence electrons. The smallest absolute Gasteiger partial charge is 0.261 e. The van der Waals surface area contributed by atoms with Crippen molar-refractivity contribution in [1.82, 2.24) is 14.1 Å². The van der Waals surface area contributed by atoms with E-state index in [9.17, 15) is 27.2 Å². The molecule has 1 saturated heterocycles. The summed E-state index contributed by atoms with van der Waals surface area (Å²) in [6, 6.07) is 9.28. The predicted molar refractivity (Wildman–Crippen MR) is 118 cm³/mol. The third kappa shape index (κ3) is 4.65. The monoisotopic (exact) mass is 474 g/mol. The molecule has 2 heterocycles. The second kappa shape index (κ2) is 9.00. The fourth-order valence-corrected chi connectivity index (χ4v) is 5.41. The highest BCUT2D eigenvalue weighted by Gasteiger charge is 2.33. The van der Waals surface area contributed by atoms with Crippen molar-refractivity contribution < 1.29 is 27.2 Å². The summed E-state index contributed by atoms with van der Waals surface area (Å²) in [5.74, 6) is -1.61. The molecule has 4 rings (SSSR count). The minimum absolute atomic E-state index is 0.0328. The van der Waals surface area contributed by atoms with Gasteiger partial charge in [0.15, 0.2) is 0 Å². The van der Waals surface area contributed by atoms with E-state index in [-0.39, 0.29) is 35.4 Å². The molecule has 0 saturated carbocycles. The van der Waals surface area contributed by atoms with Crippen LogP contribution in [0.3, 0.4) is 0 Å².